The molecular formula is C117H84N2O9. The fraction of sp³-hybridized carbons (Fsp3) is 0. The standard InChI is InChI=1S/C60H45NO3.C57H39NO6/c1-4-43-16-34-55(35-17-43)62-58-13-7-10-49(40-58)46-22-28-52(29-23-46)61(53-30-24-47(25-31-53)50-11-8-14-59(41-50)63-56-36-18-44(5-2)19-37-56)54-32-26-48(27-33-54)51-12-9-15-60(42-51)64-57-38-20-45(6-3)21-39-57;59-37-40-10-28-52(29-11-40)62-55-7-1-4-46(34-55)43-16-22-49(23-17-43)58(50-24-18-44(19-25-50)47-5-2-8-56(35-47)63-53-30-12-41(38-60)13-31-53)51-26-20-45(21-27-51)48-6-3-9-57(36-48)64-54-32-14-42(39-61)15-33-54/h4-42H,1-3H2;1-39H. The minimum Gasteiger partial charge on any atom is -0.457 e. The molecule has 0 fully saturated rings. The fourth-order valence-corrected chi connectivity index (χ4v) is 14.8. The Kier molecular flexibility index (Phi) is 25.7. The Hall–Kier alpha value is -17.4. The lowest BCUT2D eigenvalue weighted by Gasteiger charge is -2.26. The third-order valence-corrected chi connectivity index (χ3v) is 21.6. The number of hydrogen-bond donors (Lipinski definition) is 0. The van der Waals surface area contributed by atoms with Crippen molar-refractivity contribution in [2.75, 3.05) is 9.80 Å². The molecule has 0 aromatic heterocycles. The topological polar surface area (TPSA) is 113 Å². The average Bonchev–Trinajstić information content (AvgIpc) is 0.786. The predicted molar refractivity (Wildman–Crippen MR) is 520 cm³/mol. The van der Waals surface area contributed by atoms with Gasteiger partial charge in [-0.25, -0.2) is 0 Å². The van der Waals surface area contributed by atoms with Gasteiger partial charge in [0.1, 0.15) is 87.9 Å². The summed E-state index contributed by atoms with van der Waals surface area (Å²) in [4.78, 5) is 37.9. The summed E-state index contributed by atoms with van der Waals surface area (Å²) in [5.74, 6) is 8.67. The van der Waals surface area contributed by atoms with Gasteiger partial charge in [-0.05, 0) is 338 Å². The van der Waals surface area contributed by atoms with Crippen LogP contribution < -0.4 is 38.2 Å². The summed E-state index contributed by atoms with van der Waals surface area (Å²) in [6.45, 7) is 11.5. The number of hydrogen-bond acceptors (Lipinski definition) is 11. The van der Waals surface area contributed by atoms with Crippen LogP contribution in [0.4, 0.5) is 34.1 Å². The third-order valence-electron chi connectivity index (χ3n) is 21.6. The second-order valence-electron chi connectivity index (χ2n) is 30.1. The van der Waals surface area contributed by atoms with E-state index in [0.29, 0.717) is 51.2 Å². The molecule has 0 saturated heterocycles. The summed E-state index contributed by atoms with van der Waals surface area (Å²) in [6, 6.07) is 145. The molecule has 0 heterocycles. The van der Waals surface area contributed by atoms with Crippen LogP contribution in [-0.2, 0) is 0 Å². The lowest BCUT2D eigenvalue weighted by molar-refractivity contribution is 0.111. The quantitative estimate of drug-likeness (QED) is 0.0401. The highest BCUT2D eigenvalue weighted by molar-refractivity contribution is 5.85. The SMILES string of the molecule is C=Cc1ccc(Oc2cccc(-c3ccc(N(c4ccc(-c5cccc(Oc6ccc(C=C)cc6)c5)cc4)c4ccc(-c5cccc(Oc6ccc(C=C)cc6)c5)cc4)cc3)c2)cc1.O=Cc1ccc(Oc2cccc(-c3ccc(N(c4ccc(-c5cccc(Oc6ccc(C=O)cc6)c5)cc4)c4ccc(-c5cccc(Oc6ccc(C=O)cc6)c5)cc4)cc3)c2)cc1. The van der Waals surface area contributed by atoms with Crippen molar-refractivity contribution in [1.82, 2.24) is 0 Å². The normalized spacial score (nSPS) is 10.7. The molecular weight excluding hydrogens is 1580 g/mol. The number of carbonyl (C=O) groups is 3. The minimum absolute atomic E-state index is 0.593. The van der Waals surface area contributed by atoms with Crippen molar-refractivity contribution in [3.05, 3.63) is 490 Å². The fourth-order valence-electron chi connectivity index (χ4n) is 14.8. The number of aldehydes is 3. The maximum Gasteiger partial charge on any atom is 0.150 e. The zero-order chi connectivity index (χ0) is 87.3. The van der Waals surface area contributed by atoms with Crippen LogP contribution in [0.25, 0.3) is 85.0 Å². The Morgan fingerprint density at radius 1 is 0.156 bits per heavy atom. The number of carbonyl (C=O) groups excluding carboxylic acids is 3. The van der Waals surface area contributed by atoms with E-state index in [-0.39, 0.29) is 0 Å². The number of nitrogens with zero attached hydrogens (tertiary/aromatic N) is 2. The van der Waals surface area contributed by atoms with E-state index in [1.807, 2.05) is 182 Å². The van der Waals surface area contributed by atoms with Crippen LogP contribution in [0.5, 0.6) is 69.0 Å². The summed E-state index contributed by atoms with van der Waals surface area (Å²) in [5, 5.41) is 0. The highest BCUT2D eigenvalue weighted by Crippen LogP contribution is 2.43. The van der Waals surface area contributed by atoms with E-state index in [0.717, 1.165) is 171 Å². The van der Waals surface area contributed by atoms with Gasteiger partial charge in [0.2, 0.25) is 0 Å². The van der Waals surface area contributed by atoms with Gasteiger partial charge in [0, 0.05) is 50.8 Å². The van der Waals surface area contributed by atoms with Crippen LogP contribution in [-0.4, -0.2) is 18.9 Å². The van der Waals surface area contributed by atoms with Crippen molar-refractivity contribution in [2.24, 2.45) is 0 Å². The highest BCUT2D eigenvalue weighted by atomic mass is 16.5. The minimum atomic E-state index is 0.593. The maximum absolute atomic E-state index is 11.1. The molecule has 11 nitrogen and oxygen atoms in total. The van der Waals surface area contributed by atoms with E-state index < -0.39 is 0 Å². The third kappa shape index (κ3) is 20.7. The lowest BCUT2D eigenvalue weighted by atomic mass is 10.0. The number of ether oxygens (including phenoxy) is 6. The summed E-state index contributed by atoms with van der Waals surface area (Å²) < 4.78 is 37.0. The Labute approximate surface area is 744 Å². The molecule has 18 rings (SSSR count). The maximum atomic E-state index is 11.1. The Balaban J connectivity index is 0.000000180. The molecule has 18 aromatic rings. The summed E-state index contributed by atoms with van der Waals surface area (Å²) in [7, 11) is 0. The second-order valence-corrected chi connectivity index (χ2v) is 30.1. The summed E-state index contributed by atoms with van der Waals surface area (Å²) in [5.41, 5.74) is 23.4. The van der Waals surface area contributed by atoms with Crippen LogP contribution in [0.15, 0.2) is 457 Å². The first-order chi connectivity index (χ1) is 63.0. The molecule has 128 heavy (non-hydrogen) atoms. The summed E-state index contributed by atoms with van der Waals surface area (Å²) in [6.07, 6.45) is 7.91. The first-order valence-corrected chi connectivity index (χ1v) is 41.7. The molecule has 0 spiro atoms. The van der Waals surface area contributed by atoms with Gasteiger partial charge in [-0.15, -0.1) is 0 Å². The zero-order valence-electron chi connectivity index (χ0n) is 69.7. The molecule has 0 bridgehead atoms. The van der Waals surface area contributed by atoms with Gasteiger partial charge < -0.3 is 38.2 Å². The molecule has 11 heteroatoms. The summed E-state index contributed by atoms with van der Waals surface area (Å²) >= 11 is 0. The highest BCUT2D eigenvalue weighted by Gasteiger charge is 2.19. The van der Waals surface area contributed by atoms with Crippen LogP contribution in [0, 0.1) is 0 Å². The van der Waals surface area contributed by atoms with E-state index in [9.17, 15) is 14.4 Å². The number of rotatable bonds is 30. The van der Waals surface area contributed by atoms with E-state index in [1.54, 1.807) is 72.8 Å². The smallest absolute Gasteiger partial charge is 0.150 e. The molecule has 0 N–H and O–H groups in total. The number of anilines is 6. The van der Waals surface area contributed by atoms with Gasteiger partial charge in [0.25, 0.3) is 0 Å². The Morgan fingerprint density at radius 2 is 0.305 bits per heavy atom. The monoisotopic (exact) mass is 1660 g/mol. The van der Waals surface area contributed by atoms with Crippen LogP contribution >= 0.6 is 0 Å². The average molecular weight is 1660 g/mol. The molecule has 0 saturated carbocycles. The lowest BCUT2D eigenvalue weighted by Crippen LogP contribution is -2.09. The van der Waals surface area contributed by atoms with Crippen molar-refractivity contribution >= 4 is 71.2 Å². The van der Waals surface area contributed by atoms with Gasteiger partial charge >= 0.3 is 0 Å². The van der Waals surface area contributed by atoms with Crippen molar-refractivity contribution in [3.8, 4) is 136 Å². The molecule has 18 aromatic carbocycles. The second kappa shape index (κ2) is 39.6. The van der Waals surface area contributed by atoms with Crippen LogP contribution in [0.2, 0.25) is 0 Å². The molecule has 616 valence electrons. The van der Waals surface area contributed by atoms with Crippen molar-refractivity contribution in [3.63, 3.8) is 0 Å². The van der Waals surface area contributed by atoms with E-state index in [2.05, 4.69) is 230 Å². The van der Waals surface area contributed by atoms with Gasteiger partial charge in [-0.2, -0.15) is 0 Å². The van der Waals surface area contributed by atoms with Crippen LogP contribution in [0.1, 0.15) is 47.8 Å². The molecule has 0 amide bonds. The van der Waals surface area contributed by atoms with Gasteiger partial charge in [0.15, 0.2) is 0 Å². The van der Waals surface area contributed by atoms with Crippen molar-refractivity contribution in [1.29, 1.82) is 0 Å². The largest absolute Gasteiger partial charge is 0.457 e. The van der Waals surface area contributed by atoms with Crippen molar-refractivity contribution < 1.29 is 42.8 Å². The molecule has 0 aliphatic carbocycles. The van der Waals surface area contributed by atoms with Crippen molar-refractivity contribution in [2.45, 2.75) is 0 Å². The molecule has 0 unspecified atom stereocenters. The van der Waals surface area contributed by atoms with Gasteiger partial charge in [-0.3, -0.25) is 14.4 Å². The molecule has 0 atom stereocenters. The molecule has 0 radical (unpaired) electrons. The van der Waals surface area contributed by atoms with Gasteiger partial charge in [0.05, 0.1) is 0 Å². The van der Waals surface area contributed by atoms with E-state index >= 15 is 0 Å². The Bertz CT molecular complexity index is 5810. The molecule has 0 aliphatic rings. The van der Waals surface area contributed by atoms with Crippen LogP contribution in [0.3, 0.4) is 0 Å². The first kappa shape index (κ1) is 82.9. The Morgan fingerprint density at radius 3 is 0.445 bits per heavy atom. The zero-order valence-corrected chi connectivity index (χ0v) is 69.7. The predicted octanol–water partition coefficient (Wildman–Crippen LogP) is 32.4. The van der Waals surface area contributed by atoms with E-state index in [1.165, 1.54) is 0 Å². The first-order valence-electron chi connectivity index (χ1n) is 41.7. The van der Waals surface area contributed by atoms with E-state index in [4.69, 9.17) is 28.4 Å². The number of benzene rings is 18. The molecule has 0 aliphatic heterocycles. The van der Waals surface area contributed by atoms with Gasteiger partial charge in [-0.1, -0.05) is 220 Å².